The molecule has 1 aliphatic heterocycles. The van der Waals surface area contributed by atoms with E-state index in [0.717, 1.165) is 25.7 Å². The fraction of sp³-hybridized carbons (Fsp3) is 1.00. The van der Waals surface area contributed by atoms with E-state index in [9.17, 15) is 0 Å². The number of methoxy groups -OCH3 is 2. The van der Waals surface area contributed by atoms with Crippen LogP contribution in [0.3, 0.4) is 0 Å². The van der Waals surface area contributed by atoms with Gasteiger partial charge in [0.25, 0.3) is 0 Å². The highest BCUT2D eigenvalue weighted by molar-refractivity contribution is 6.19. The van der Waals surface area contributed by atoms with Gasteiger partial charge in [-0.3, -0.25) is 0 Å². The predicted octanol–water partition coefficient (Wildman–Crippen LogP) is 2.22. The Balaban J connectivity index is 1.84. The van der Waals surface area contributed by atoms with Gasteiger partial charge < -0.3 is 18.8 Å². The minimum absolute atomic E-state index is 0.0296. The van der Waals surface area contributed by atoms with Crippen LogP contribution < -0.4 is 0 Å². The minimum atomic E-state index is -0.189. The molecule has 0 aromatic rings. The Morgan fingerprint density at radius 1 is 0.789 bits per heavy atom. The van der Waals surface area contributed by atoms with Crippen molar-refractivity contribution < 1.29 is 18.8 Å². The van der Waals surface area contributed by atoms with E-state index in [1.807, 2.05) is 0 Å². The van der Waals surface area contributed by atoms with Gasteiger partial charge in [-0.25, -0.2) is 0 Å². The third-order valence-corrected chi connectivity index (χ3v) is 5.43. The summed E-state index contributed by atoms with van der Waals surface area (Å²) in [6.45, 7) is 0. The van der Waals surface area contributed by atoms with E-state index in [2.05, 4.69) is 0 Å². The third-order valence-electron chi connectivity index (χ3n) is 5.43. The van der Waals surface area contributed by atoms with Crippen LogP contribution in [0, 0.1) is 0 Å². The zero-order valence-electron chi connectivity index (χ0n) is 12.0. The molecule has 2 aliphatic carbocycles. The van der Waals surface area contributed by atoms with Crippen molar-refractivity contribution in [2.45, 2.75) is 74.8 Å². The van der Waals surface area contributed by atoms with E-state index in [1.165, 1.54) is 33.4 Å². The predicted molar refractivity (Wildman–Crippen MR) is 71.9 cm³/mol. The quantitative estimate of drug-likeness (QED) is 0.732. The minimum Gasteiger partial charge on any atom is -0.405 e. The summed E-state index contributed by atoms with van der Waals surface area (Å²) in [5, 5.41) is 0. The molecule has 4 nitrogen and oxygen atoms in total. The van der Waals surface area contributed by atoms with Gasteiger partial charge in [-0.15, -0.1) is 0 Å². The summed E-state index contributed by atoms with van der Waals surface area (Å²) in [6.07, 6.45) is 9.00. The van der Waals surface area contributed by atoms with Crippen molar-refractivity contribution >= 4 is 7.69 Å². The van der Waals surface area contributed by atoms with Crippen molar-refractivity contribution in [1.82, 2.24) is 0 Å². The van der Waals surface area contributed by atoms with E-state index in [-0.39, 0.29) is 23.4 Å². The van der Waals surface area contributed by atoms with Gasteiger partial charge in [-0.1, -0.05) is 25.7 Å². The molecule has 5 heteroatoms. The first-order chi connectivity index (χ1) is 9.26. The lowest BCUT2D eigenvalue weighted by Crippen LogP contribution is -2.56. The second-order valence-electron chi connectivity index (χ2n) is 6.16. The van der Waals surface area contributed by atoms with Crippen LogP contribution in [0.1, 0.15) is 51.4 Å². The molecule has 0 N–H and O–H groups in total. The number of rotatable bonds is 4. The van der Waals surface area contributed by atoms with Gasteiger partial charge in [0.15, 0.2) is 0 Å². The molecule has 107 valence electrons. The average molecular weight is 267 g/mol. The van der Waals surface area contributed by atoms with E-state index >= 15 is 0 Å². The van der Waals surface area contributed by atoms with Crippen LogP contribution >= 0.6 is 0 Å². The summed E-state index contributed by atoms with van der Waals surface area (Å²) in [5.41, 5.74) is -0.377. The van der Waals surface area contributed by atoms with Gasteiger partial charge in [0, 0.05) is 14.2 Å². The van der Waals surface area contributed by atoms with E-state index < -0.39 is 0 Å². The molecular weight excluding hydrogens is 243 g/mol. The first kappa shape index (κ1) is 13.9. The monoisotopic (exact) mass is 267 g/mol. The van der Waals surface area contributed by atoms with E-state index in [4.69, 9.17) is 18.8 Å². The Bertz CT molecular complexity index is 281. The van der Waals surface area contributed by atoms with Crippen molar-refractivity contribution in [2.75, 3.05) is 14.2 Å². The highest BCUT2D eigenvalue weighted by Crippen LogP contribution is 2.47. The SMILES string of the molecule is COC1(C2O[B]O[C@H]2C2(OC)CCCC2)CCCC1. The fourth-order valence-corrected chi connectivity index (χ4v) is 4.25. The van der Waals surface area contributed by atoms with Crippen LogP contribution in [-0.2, 0) is 18.8 Å². The maximum Gasteiger partial charge on any atom is 0.488 e. The average Bonchev–Trinajstić information content (AvgIpc) is 3.18. The van der Waals surface area contributed by atoms with Gasteiger partial charge in [0.2, 0.25) is 0 Å². The Labute approximate surface area is 116 Å². The number of hydrogen-bond donors (Lipinski definition) is 0. The summed E-state index contributed by atoms with van der Waals surface area (Å²) < 4.78 is 23.4. The summed E-state index contributed by atoms with van der Waals surface area (Å²) in [6, 6.07) is 0. The highest BCUT2D eigenvalue weighted by Gasteiger charge is 2.57. The lowest BCUT2D eigenvalue weighted by Gasteiger charge is -2.43. The summed E-state index contributed by atoms with van der Waals surface area (Å²) in [7, 11) is 5.11. The van der Waals surface area contributed by atoms with Crippen LogP contribution in [0.15, 0.2) is 0 Å². The second kappa shape index (κ2) is 5.36. The summed E-state index contributed by atoms with van der Waals surface area (Å²) in [5.74, 6) is 0. The maximum atomic E-state index is 5.88. The Kier molecular flexibility index (Phi) is 3.91. The van der Waals surface area contributed by atoms with E-state index in [1.54, 1.807) is 14.2 Å². The molecule has 0 aromatic heterocycles. The zero-order chi connectivity index (χ0) is 13.3. The molecule has 1 radical (unpaired) electrons. The van der Waals surface area contributed by atoms with Gasteiger partial charge in [-0.2, -0.15) is 0 Å². The second-order valence-corrected chi connectivity index (χ2v) is 6.16. The molecule has 2 saturated carbocycles. The molecule has 1 saturated heterocycles. The van der Waals surface area contributed by atoms with Gasteiger partial charge in [0.05, 0.1) is 23.4 Å². The fourth-order valence-electron chi connectivity index (χ4n) is 4.25. The first-order valence-corrected chi connectivity index (χ1v) is 7.49. The third kappa shape index (κ3) is 2.15. The normalized spacial score (nSPS) is 36.5. The van der Waals surface area contributed by atoms with Gasteiger partial charge in [0.1, 0.15) is 0 Å². The lowest BCUT2D eigenvalue weighted by atomic mass is 9.81. The molecular formula is C14H24BO4. The standard InChI is InChI=1S/C14H24BO4/c1-16-13(7-3-4-8-13)11-12(19-15-18-11)14(17-2)9-5-6-10-14/h11-12H,3-10H2,1-2H3/t11-,12?/m1/s1. The highest BCUT2D eigenvalue weighted by atomic mass is 16.7. The van der Waals surface area contributed by atoms with Crippen LogP contribution in [0.4, 0.5) is 0 Å². The number of hydrogen-bond acceptors (Lipinski definition) is 4. The van der Waals surface area contributed by atoms with Crippen molar-refractivity contribution in [2.24, 2.45) is 0 Å². The molecule has 2 atom stereocenters. The van der Waals surface area contributed by atoms with E-state index in [0.29, 0.717) is 0 Å². The van der Waals surface area contributed by atoms with Crippen LogP contribution in [0.25, 0.3) is 0 Å². The molecule has 1 unspecified atom stereocenters. The Hall–Kier alpha value is -0.0951. The topological polar surface area (TPSA) is 36.9 Å². The van der Waals surface area contributed by atoms with Crippen LogP contribution in [-0.4, -0.2) is 45.3 Å². The molecule has 19 heavy (non-hydrogen) atoms. The smallest absolute Gasteiger partial charge is 0.405 e. The molecule has 1 heterocycles. The number of ether oxygens (including phenoxy) is 2. The van der Waals surface area contributed by atoms with Gasteiger partial charge in [-0.05, 0) is 25.7 Å². The van der Waals surface area contributed by atoms with Crippen molar-refractivity contribution in [3.05, 3.63) is 0 Å². The molecule has 3 fully saturated rings. The molecule has 0 amide bonds. The van der Waals surface area contributed by atoms with Gasteiger partial charge >= 0.3 is 7.69 Å². The van der Waals surface area contributed by atoms with Crippen LogP contribution in [0.2, 0.25) is 0 Å². The summed E-state index contributed by atoms with van der Waals surface area (Å²) in [4.78, 5) is 0. The molecule has 0 spiro atoms. The van der Waals surface area contributed by atoms with Crippen molar-refractivity contribution in [3.63, 3.8) is 0 Å². The van der Waals surface area contributed by atoms with Crippen molar-refractivity contribution in [1.29, 1.82) is 0 Å². The molecule has 3 aliphatic rings. The van der Waals surface area contributed by atoms with Crippen molar-refractivity contribution in [3.8, 4) is 0 Å². The largest absolute Gasteiger partial charge is 0.488 e. The summed E-state index contributed by atoms with van der Waals surface area (Å²) >= 11 is 0. The van der Waals surface area contributed by atoms with Crippen LogP contribution in [0.5, 0.6) is 0 Å². The Morgan fingerprint density at radius 3 is 1.47 bits per heavy atom. The zero-order valence-corrected chi connectivity index (χ0v) is 12.0. The first-order valence-electron chi connectivity index (χ1n) is 7.49. The maximum absolute atomic E-state index is 5.88. The molecule has 3 rings (SSSR count). The molecule has 0 aromatic carbocycles. The Morgan fingerprint density at radius 2 is 1.16 bits per heavy atom. The molecule has 0 bridgehead atoms. The lowest BCUT2D eigenvalue weighted by molar-refractivity contribution is -0.153.